The SMILES string of the molecule is Cc1ccc(OC2=Nc3ccccc3C(=O)C2(C)c2ccccc2)cc1. The fourth-order valence-electron chi connectivity index (χ4n) is 3.22. The van der Waals surface area contributed by atoms with Crippen LogP contribution in [-0.4, -0.2) is 11.7 Å². The molecule has 3 nitrogen and oxygen atoms in total. The summed E-state index contributed by atoms with van der Waals surface area (Å²) in [6, 6.07) is 24.8. The zero-order chi connectivity index (χ0) is 18.1. The number of para-hydroxylation sites is 1. The van der Waals surface area contributed by atoms with Crippen molar-refractivity contribution in [3.05, 3.63) is 95.6 Å². The minimum atomic E-state index is -0.972. The van der Waals surface area contributed by atoms with E-state index < -0.39 is 5.41 Å². The highest BCUT2D eigenvalue weighted by molar-refractivity contribution is 6.23. The third kappa shape index (κ3) is 2.62. The Morgan fingerprint density at radius 1 is 0.846 bits per heavy atom. The molecule has 0 spiro atoms. The van der Waals surface area contributed by atoms with Gasteiger partial charge in [0.15, 0.2) is 5.78 Å². The van der Waals surface area contributed by atoms with Crippen LogP contribution in [0.25, 0.3) is 0 Å². The lowest BCUT2D eigenvalue weighted by molar-refractivity contribution is 0.0927. The van der Waals surface area contributed by atoms with E-state index in [4.69, 9.17) is 9.73 Å². The summed E-state index contributed by atoms with van der Waals surface area (Å²) in [6.45, 7) is 3.91. The molecule has 0 radical (unpaired) electrons. The molecule has 26 heavy (non-hydrogen) atoms. The molecule has 3 aromatic rings. The van der Waals surface area contributed by atoms with Crippen LogP contribution in [0.4, 0.5) is 5.69 Å². The zero-order valence-electron chi connectivity index (χ0n) is 14.8. The molecule has 0 bridgehead atoms. The van der Waals surface area contributed by atoms with E-state index in [-0.39, 0.29) is 5.78 Å². The normalized spacial score (nSPS) is 18.8. The monoisotopic (exact) mass is 341 g/mol. The first kappa shape index (κ1) is 16.3. The standard InChI is InChI=1S/C23H19NO2/c1-16-12-14-18(15-13-16)26-22-23(2,17-8-4-3-5-9-17)21(25)19-10-6-7-11-20(19)24-22/h3-15H,1-2H3. The summed E-state index contributed by atoms with van der Waals surface area (Å²) in [5.74, 6) is 1.07. The highest BCUT2D eigenvalue weighted by atomic mass is 16.5. The van der Waals surface area contributed by atoms with Crippen LogP contribution >= 0.6 is 0 Å². The van der Waals surface area contributed by atoms with Gasteiger partial charge in [0.2, 0.25) is 5.90 Å². The topological polar surface area (TPSA) is 38.7 Å². The van der Waals surface area contributed by atoms with Crippen LogP contribution in [0, 0.1) is 6.92 Å². The number of rotatable bonds is 2. The van der Waals surface area contributed by atoms with Crippen LogP contribution in [-0.2, 0) is 5.41 Å². The number of benzene rings is 3. The molecular weight excluding hydrogens is 322 g/mol. The Bertz CT molecular complexity index is 990. The van der Waals surface area contributed by atoms with Crippen molar-refractivity contribution in [1.29, 1.82) is 0 Å². The van der Waals surface area contributed by atoms with Crippen molar-refractivity contribution in [2.24, 2.45) is 4.99 Å². The molecule has 128 valence electrons. The molecule has 1 heterocycles. The maximum Gasteiger partial charge on any atom is 0.213 e. The van der Waals surface area contributed by atoms with Gasteiger partial charge < -0.3 is 4.74 Å². The van der Waals surface area contributed by atoms with Crippen molar-refractivity contribution >= 4 is 17.4 Å². The molecule has 0 aliphatic carbocycles. The molecule has 4 rings (SSSR count). The molecule has 3 aromatic carbocycles. The summed E-state index contributed by atoms with van der Waals surface area (Å²) >= 11 is 0. The van der Waals surface area contributed by atoms with Gasteiger partial charge >= 0.3 is 0 Å². The number of fused-ring (bicyclic) bond motifs is 1. The molecule has 0 saturated carbocycles. The number of hydrogen-bond acceptors (Lipinski definition) is 3. The first-order chi connectivity index (χ1) is 12.6. The van der Waals surface area contributed by atoms with Gasteiger partial charge in [-0.2, -0.15) is 0 Å². The molecular formula is C23H19NO2. The summed E-state index contributed by atoms with van der Waals surface area (Å²) < 4.78 is 6.14. The molecule has 3 heteroatoms. The van der Waals surface area contributed by atoms with Crippen LogP contribution in [0.15, 0.2) is 83.9 Å². The van der Waals surface area contributed by atoms with Gasteiger partial charge in [0.05, 0.1) is 5.69 Å². The highest BCUT2D eigenvalue weighted by Gasteiger charge is 2.46. The summed E-state index contributed by atoms with van der Waals surface area (Å²) in [5.41, 5.74) is 2.31. The number of aryl methyl sites for hydroxylation is 1. The predicted octanol–water partition coefficient (Wildman–Crippen LogP) is 5.26. The number of nitrogens with zero attached hydrogens (tertiary/aromatic N) is 1. The second-order valence-corrected chi connectivity index (χ2v) is 6.67. The van der Waals surface area contributed by atoms with E-state index in [2.05, 4.69) is 0 Å². The van der Waals surface area contributed by atoms with Crippen LogP contribution in [0.2, 0.25) is 0 Å². The molecule has 0 fully saturated rings. The van der Waals surface area contributed by atoms with Gasteiger partial charge in [-0.3, -0.25) is 4.79 Å². The van der Waals surface area contributed by atoms with Crippen molar-refractivity contribution in [2.45, 2.75) is 19.3 Å². The maximum absolute atomic E-state index is 13.4. The van der Waals surface area contributed by atoms with Crippen LogP contribution in [0.5, 0.6) is 5.75 Å². The number of carbonyl (C=O) groups is 1. The third-order valence-electron chi connectivity index (χ3n) is 4.84. The minimum Gasteiger partial charge on any atom is -0.442 e. The molecule has 1 aliphatic heterocycles. The van der Waals surface area contributed by atoms with Crippen LogP contribution in [0.1, 0.15) is 28.4 Å². The van der Waals surface area contributed by atoms with E-state index in [1.54, 1.807) is 0 Å². The van der Waals surface area contributed by atoms with Gasteiger partial charge in [0, 0.05) is 5.56 Å². The number of hydrogen-bond donors (Lipinski definition) is 0. The summed E-state index contributed by atoms with van der Waals surface area (Å²) in [4.78, 5) is 18.1. The molecule has 1 unspecified atom stereocenters. The second-order valence-electron chi connectivity index (χ2n) is 6.67. The van der Waals surface area contributed by atoms with E-state index in [0.717, 1.165) is 11.1 Å². The average molecular weight is 341 g/mol. The lowest BCUT2D eigenvalue weighted by Gasteiger charge is -2.33. The van der Waals surface area contributed by atoms with E-state index in [0.29, 0.717) is 22.9 Å². The van der Waals surface area contributed by atoms with Crippen molar-refractivity contribution in [1.82, 2.24) is 0 Å². The Morgan fingerprint density at radius 3 is 2.23 bits per heavy atom. The molecule has 1 atom stereocenters. The Labute approximate surface area is 153 Å². The Kier molecular flexibility index (Phi) is 3.92. The zero-order valence-corrected chi connectivity index (χ0v) is 14.8. The molecule has 0 amide bonds. The molecule has 0 N–H and O–H groups in total. The van der Waals surface area contributed by atoms with Gasteiger partial charge in [-0.25, -0.2) is 4.99 Å². The Morgan fingerprint density at radius 2 is 1.50 bits per heavy atom. The summed E-state index contributed by atoms with van der Waals surface area (Å²) in [5, 5.41) is 0. The third-order valence-corrected chi connectivity index (χ3v) is 4.84. The van der Waals surface area contributed by atoms with E-state index >= 15 is 0 Å². The van der Waals surface area contributed by atoms with Gasteiger partial charge in [-0.05, 0) is 43.7 Å². The average Bonchev–Trinajstić information content (AvgIpc) is 2.68. The van der Waals surface area contributed by atoms with Crippen molar-refractivity contribution < 1.29 is 9.53 Å². The van der Waals surface area contributed by atoms with Crippen molar-refractivity contribution in [3.8, 4) is 5.75 Å². The Balaban J connectivity index is 1.87. The first-order valence-corrected chi connectivity index (χ1v) is 8.62. The van der Waals surface area contributed by atoms with E-state index in [1.165, 1.54) is 0 Å². The molecule has 1 aliphatic rings. The molecule has 0 aromatic heterocycles. The summed E-state index contributed by atoms with van der Waals surface area (Å²) in [6.07, 6.45) is 0. The second kappa shape index (κ2) is 6.26. The van der Waals surface area contributed by atoms with Gasteiger partial charge in [-0.15, -0.1) is 0 Å². The number of Topliss-reactive ketones (excluding diaryl/α,β-unsaturated/α-hetero) is 1. The minimum absolute atomic E-state index is 0.00332. The summed E-state index contributed by atoms with van der Waals surface area (Å²) in [7, 11) is 0. The van der Waals surface area contributed by atoms with Gasteiger partial charge in [0.1, 0.15) is 11.2 Å². The fourth-order valence-corrected chi connectivity index (χ4v) is 3.22. The number of ether oxygens (including phenoxy) is 1. The predicted molar refractivity (Wildman–Crippen MR) is 103 cm³/mol. The highest BCUT2D eigenvalue weighted by Crippen LogP contribution is 2.39. The largest absolute Gasteiger partial charge is 0.442 e. The quantitative estimate of drug-likeness (QED) is 0.638. The van der Waals surface area contributed by atoms with Crippen molar-refractivity contribution in [3.63, 3.8) is 0 Å². The van der Waals surface area contributed by atoms with E-state index in [1.807, 2.05) is 92.7 Å². The Hall–Kier alpha value is -3.20. The van der Waals surface area contributed by atoms with Gasteiger partial charge in [-0.1, -0.05) is 60.2 Å². The number of aliphatic imine (C=N–C) groups is 1. The smallest absolute Gasteiger partial charge is 0.213 e. The number of carbonyl (C=O) groups excluding carboxylic acids is 1. The van der Waals surface area contributed by atoms with E-state index in [9.17, 15) is 4.79 Å². The first-order valence-electron chi connectivity index (χ1n) is 8.62. The number of ketones is 1. The maximum atomic E-state index is 13.4. The lowest BCUT2D eigenvalue weighted by atomic mass is 9.74. The molecule has 0 saturated heterocycles. The lowest BCUT2D eigenvalue weighted by Crippen LogP contribution is -2.45. The van der Waals surface area contributed by atoms with Crippen LogP contribution in [0.3, 0.4) is 0 Å². The van der Waals surface area contributed by atoms with Gasteiger partial charge in [0.25, 0.3) is 0 Å². The van der Waals surface area contributed by atoms with Crippen molar-refractivity contribution in [2.75, 3.05) is 0 Å². The van der Waals surface area contributed by atoms with Crippen LogP contribution < -0.4 is 4.74 Å². The fraction of sp³-hybridized carbons (Fsp3) is 0.130.